The zero-order chi connectivity index (χ0) is 32.1. The summed E-state index contributed by atoms with van der Waals surface area (Å²) in [4.78, 5) is 0. The molecule has 3 aromatic rings. The van der Waals surface area contributed by atoms with Gasteiger partial charge in [-0.25, -0.2) is 0 Å². The van der Waals surface area contributed by atoms with Gasteiger partial charge in [0.1, 0.15) is 0 Å². The standard InChI is InChI=1S/C28H28F6O6S2/c1-25(2,3)19-11-13-23(39-41(35,36)27(29,30)31)21(15-19)17-7-9-18(10-8-17)22-16-20(26(4,5)6)12-14-24(22)40-42(37,38)28(32,33)34/h7-16H,1-6H3. The predicted molar refractivity (Wildman–Crippen MR) is 146 cm³/mol. The molecular weight excluding hydrogens is 610 g/mol. The van der Waals surface area contributed by atoms with Gasteiger partial charge in [-0.1, -0.05) is 77.9 Å². The van der Waals surface area contributed by atoms with E-state index >= 15 is 0 Å². The van der Waals surface area contributed by atoms with Crippen molar-refractivity contribution in [1.82, 2.24) is 0 Å². The zero-order valence-corrected chi connectivity index (χ0v) is 24.9. The van der Waals surface area contributed by atoms with Crippen molar-refractivity contribution < 1.29 is 51.5 Å². The topological polar surface area (TPSA) is 86.7 Å². The zero-order valence-electron chi connectivity index (χ0n) is 23.3. The van der Waals surface area contributed by atoms with E-state index in [1.807, 2.05) is 41.5 Å². The summed E-state index contributed by atoms with van der Waals surface area (Å²) < 4.78 is 134. The van der Waals surface area contributed by atoms with Gasteiger partial charge in [-0.15, -0.1) is 0 Å². The Balaban J connectivity index is 2.19. The summed E-state index contributed by atoms with van der Waals surface area (Å²) in [6, 6.07) is 13.6. The molecule has 0 fully saturated rings. The smallest absolute Gasteiger partial charge is 0.375 e. The van der Waals surface area contributed by atoms with Gasteiger partial charge in [0.15, 0.2) is 11.5 Å². The summed E-state index contributed by atoms with van der Waals surface area (Å²) in [6.45, 7) is 11.0. The molecule has 0 bridgehead atoms. The van der Waals surface area contributed by atoms with Crippen LogP contribution in [-0.4, -0.2) is 27.9 Å². The van der Waals surface area contributed by atoms with Gasteiger partial charge in [0, 0.05) is 11.1 Å². The first-order chi connectivity index (χ1) is 18.8. The van der Waals surface area contributed by atoms with Crippen LogP contribution in [0.2, 0.25) is 0 Å². The van der Waals surface area contributed by atoms with Crippen LogP contribution in [0, 0.1) is 0 Å². The molecule has 0 aliphatic rings. The Morgan fingerprint density at radius 3 is 1.02 bits per heavy atom. The molecule has 42 heavy (non-hydrogen) atoms. The van der Waals surface area contributed by atoms with Crippen molar-refractivity contribution in [3.8, 4) is 33.8 Å². The van der Waals surface area contributed by atoms with Gasteiger partial charge in [0.25, 0.3) is 0 Å². The van der Waals surface area contributed by atoms with Crippen LogP contribution in [-0.2, 0) is 31.1 Å². The third kappa shape index (κ3) is 7.20. The van der Waals surface area contributed by atoms with Gasteiger partial charge in [0.2, 0.25) is 0 Å². The van der Waals surface area contributed by atoms with Crippen molar-refractivity contribution in [2.75, 3.05) is 0 Å². The first-order valence-corrected chi connectivity index (χ1v) is 15.1. The Hall–Kier alpha value is -3.26. The number of alkyl halides is 6. The average Bonchev–Trinajstić information content (AvgIpc) is 2.81. The molecule has 6 nitrogen and oxygen atoms in total. The highest BCUT2D eigenvalue weighted by Gasteiger charge is 2.49. The lowest BCUT2D eigenvalue weighted by molar-refractivity contribution is -0.0504. The molecule has 0 aliphatic heterocycles. The van der Waals surface area contributed by atoms with Crippen molar-refractivity contribution in [2.24, 2.45) is 0 Å². The maximum Gasteiger partial charge on any atom is 0.534 e. The molecule has 0 aromatic heterocycles. The summed E-state index contributed by atoms with van der Waals surface area (Å²) >= 11 is 0. The Labute approximate surface area is 240 Å². The van der Waals surface area contributed by atoms with Crippen molar-refractivity contribution >= 4 is 20.2 Å². The lowest BCUT2D eigenvalue weighted by atomic mass is 9.84. The first-order valence-electron chi connectivity index (χ1n) is 12.2. The highest BCUT2D eigenvalue weighted by atomic mass is 32.2. The van der Waals surface area contributed by atoms with E-state index in [2.05, 4.69) is 8.37 Å². The fraction of sp³-hybridized carbons (Fsp3) is 0.357. The Kier molecular flexibility index (Phi) is 8.53. The van der Waals surface area contributed by atoms with Crippen LogP contribution in [0.3, 0.4) is 0 Å². The van der Waals surface area contributed by atoms with Gasteiger partial charge in [-0.2, -0.15) is 43.2 Å². The molecule has 0 N–H and O–H groups in total. The maximum atomic E-state index is 13.1. The molecule has 0 atom stereocenters. The van der Waals surface area contributed by atoms with Crippen LogP contribution in [0.5, 0.6) is 11.5 Å². The molecule has 0 saturated carbocycles. The van der Waals surface area contributed by atoms with E-state index < -0.39 is 53.6 Å². The van der Waals surface area contributed by atoms with E-state index in [0.717, 1.165) is 12.1 Å². The van der Waals surface area contributed by atoms with E-state index in [1.54, 1.807) is 0 Å². The molecule has 0 spiro atoms. The highest BCUT2D eigenvalue weighted by Crippen LogP contribution is 2.41. The lowest BCUT2D eigenvalue weighted by Crippen LogP contribution is -2.28. The fourth-order valence-electron chi connectivity index (χ4n) is 3.75. The third-order valence-corrected chi connectivity index (χ3v) is 8.10. The number of halogens is 6. The van der Waals surface area contributed by atoms with Gasteiger partial charge in [-0.3, -0.25) is 0 Å². The van der Waals surface area contributed by atoms with Gasteiger partial charge < -0.3 is 8.37 Å². The summed E-state index contributed by atoms with van der Waals surface area (Å²) in [5, 5.41) is 0. The minimum Gasteiger partial charge on any atom is -0.375 e. The largest absolute Gasteiger partial charge is 0.534 e. The maximum absolute atomic E-state index is 13.1. The molecule has 0 unspecified atom stereocenters. The summed E-state index contributed by atoms with van der Waals surface area (Å²) in [5.74, 6) is -1.19. The number of rotatable bonds is 6. The van der Waals surface area contributed by atoms with Crippen LogP contribution >= 0.6 is 0 Å². The quantitative estimate of drug-likeness (QED) is 0.154. The van der Waals surface area contributed by atoms with Gasteiger partial charge in [0.05, 0.1) is 0 Å². The van der Waals surface area contributed by atoms with Crippen molar-refractivity contribution in [1.29, 1.82) is 0 Å². The summed E-state index contributed by atoms with van der Waals surface area (Å²) in [6.07, 6.45) is 0. The van der Waals surface area contributed by atoms with Crippen LogP contribution in [0.25, 0.3) is 22.3 Å². The molecule has 3 aromatic carbocycles. The molecule has 0 heterocycles. The Morgan fingerprint density at radius 2 is 0.786 bits per heavy atom. The predicted octanol–water partition coefficient (Wildman–Crippen LogP) is 8.07. The molecule has 0 saturated heterocycles. The normalized spacial score (nSPS) is 13.6. The van der Waals surface area contributed by atoms with Gasteiger partial charge >= 0.3 is 31.3 Å². The van der Waals surface area contributed by atoms with Crippen LogP contribution in [0.15, 0.2) is 60.7 Å². The number of hydrogen-bond donors (Lipinski definition) is 0. The monoisotopic (exact) mass is 638 g/mol. The second-order valence-electron chi connectivity index (χ2n) is 11.5. The number of hydrogen-bond acceptors (Lipinski definition) is 6. The van der Waals surface area contributed by atoms with Crippen LogP contribution in [0.1, 0.15) is 52.7 Å². The third-order valence-electron chi connectivity index (χ3n) is 6.16. The SMILES string of the molecule is CC(C)(C)c1ccc(OS(=O)(=O)C(F)(F)F)c(-c2ccc(-c3cc(C(C)(C)C)ccc3OS(=O)(=O)C(F)(F)F)cc2)c1. The fourth-order valence-corrected chi connectivity index (χ4v) is 4.70. The second-order valence-corrected chi connectivity index (χ2v) is 14.5. The van der Waals surface area contributed by atoms with Crippen molar-refractivity contribution in [2.45, 2.75) is 63.4 Å². The highest BCUT2D eigenvalue weighted by molar-refractivity contribution is 7.88. The van der Waals surface area contributed by atoms with Gasteiger partial charge in [-0.05, 0) is 57.3 Å². The van der Waals surface area contributed by atoms with Crippen molar-refractivity contribution in [3.63, 3.8) is 0 Å². The Bertz CT molecular complexity index is 1550. The minimum atomic E-state index is -6.00. The van der Waals surface area contributed by atoms with E-state index in [9.17, 15) is 43.2 Å². The lowest BCUT2D eigenvalue weighted by Gasteiger charge is -2.22. The molecule has 3 rings (SSSR count). The van der Waals surface area contributed by atoms with Crippen LogP contribution < -0.4 is 8.37 Å². The summed E-state index contributed by atoms with van der Waals surface area (Å²) in [5.41, 5.74) is -10.6. The summed E-state index contributed by atoms with van der Waals surface area (Å²) in [7, 11) is -12.0. The molecule has 0 radical (unpaired) electrons. The Morgan fingerprint density at radius 1 is 0.500 bits per heavy atom. The molecule has 14 heteroatoms. The van der Waals surface area contributed by atoms with E-state index in [1.165, 1.54) is 48.5 Å². The molecule has 230 valence electrons. The average molecular weight is 639 g/mol. The molecular formula is C28H28F6O6S2. The van der Waals surface area contributed by atoms with Crippen molar-refractivity contribution in [3.05, 3.63) is 71.8 Å². The van der Waals surface area contributed by atoms with Crippen LogP contribution in [0.4, 0.5) is 26.3 Å². The minimum absolute atomic E-state index is 0.00126. The molecule has 0 amide bonds. The van der Waals surface area contributed by atoms with E-state index in [4.69, 9.17) is 0 Å². The number of benzene rings is 3. The van der Waals surface area contributed by atoms with E-state index in [0.29, 0.717) is 11.1 Å². The molecule has 0 aliphatic carbocycles. The first kappa shape index (κ1) is 33.2. The van der Waals surface area contributed by atoms with E-state index in [-0.39, 0.29) is 22.3 Å². The second kappa shape index (κ2) is 10.8.